The fraction of sp³-hybridized carbons (Fsp3) is 0.560. The maximum Gasteiger partial charge on any atom is 0.333 e. The number of nitrogens with two attached hydrogens (primary N) is 1. The topological polar surface area (TPSA) is 182 Å². The number of carbonyl (C=O) groups is 5. The zero-order chi connectivity index (χ0) is 30.2. The van der Waals surface area contributed by atoms with Gasteiger partial charge in [0, 0.05) is 4.75 Å². The summed E-state index contributed by atoms with van der Waals surface area (Å²) in [7, 11) is -3.98. The highest BCUT2D eigenvalue weighted by molar-refractivity contribution is 8.01. The predicted molar refractivity (Wildman–Crippen MR) is 146 cm³/mol. The van der Waals surface area contributed by atoms with Gasteiger partial charge in [0.15, 0.2) is 15.2 Å². The van der Waals surface area contributed by atoms with Crippen LogP contribution < -0.4 is 11.1 Å². The highest BCUT2D eigenvalue weighted by atomic mass is 35.5. The summed E-state index contributed by atoms with van der Waals surface area (Å²) >= 11 is 7.20. The molecule has 1 aromatic carbocycles. The lowest BCUT2D eigenvalue weighted by atomic mass is 9.95. The number of benzene rings is 1. The number of nitrogens with zero attached hydrogens (tertiary/aromatic N) is 2. The molecule has 0 radical (unpaired) electrons. The summed E-state index contributed by atoms with van der Waals surface area (Å²) in [6.07, 6.45) is 0. The Morgan fingerprint density at radius 2 is 1.61 bits per heavy atom. The molecule has 16 heteroatoms. The van der Waals surface area contributed by atoms with Crippen molar-refractivity contribution in [3.8, 4) is 0 Å². The third-order valence-electron chi connectivity index (χ3n) is 8.03. The summed E-state index contributed by atoms with van der Waals surface area (Å²) in [5.41, 5.74) is 6.63. The molecular weight excluding hydrogens is 600 g/mol. The number of hydrogen-bond acceptors (Lipinski definition) is 11. The van der Waals surface area contributed by atoms with Crippen LogP contribution in [0.1, 0.15) is 39.3 Å². The van der Waals surface area contributed by atoms with Crippen LogP contribution in [0.15, 0.2) is 30.3 Å². The van der Waals surface area contributed by atoms with Crippen LogP contribution in [0.3, 0.4) is 0 Å². The van der Waals surface area contributed by atoms with E-state index < -0.39 is 96.1 Å². The van der Waals surface area contributed by atoms with Crippen LogP contribution in [-0.2, 0) is 43.3 Å². The zero-order valence-electron chi connectivity index (χ0n) is 22.5. The molecule has 222 valence electrons. The Morgan fingerprint density at radius 1 is 1.02 bits per heavy atom. The number of ether oxygens (including phenoxy) is 2. The largest absolute Gasteiger partial charge is 0.426 e. The van der Waals surface area contributed by atoms with Crippen molar-refractivity contribution in [2.45, 2.75) is 77.5 Å². The first-order chi connectivity index (χ1) is 19.0. The van der Waals surface area contributed by atoms with E-state index in [0.717, 1.165) is 4.90 Å². The van der Waals surface area contributed by atoms with E-state index in [9.17, 15) is 32.4 Å². The Balaban J connectivity index is 1.19. The number of alkyl halides is 1. The van der Waals surface area contributed by atoms with Gasteiger partial charge in [-0.1, -0.05) is 30.3 Å². The van der Waals surface area contributed by atoms with E-state index >= 15 is 0 Å². The van der Waals surface area contributed by atoms with Crippen LogP contribution in [0.5, 0.6) is 0 Å². The molecule has 41 heavy (non-hydrogen) atoms. The Labute approximate surface area is 245 Å². The molecular formula is C25H29ClN4O9S2. The van der Waals surface area contributed by atoms with Gasteiger partial charge in [-0.3, -0.25) is 14.4 Å². The molecule has 0 spiro atoms. The van der Waals surface area contributed by atoms with E-state index in [2.05, 4.69) is 5.32 Å². The molecule has 13 nitrogen and oxygen atoms in total. The summed E-state index contributed by atoms with van der Waals surface area (Å²) in [6, 6.07) is 4.28. The lowest BCUT2D eigenvalue weighted by Crippen LogP contribution is -2.71. The number of carbonyl (C=O) groups excluding carboxylic acids is 5. The maximum absolute atomic E-state index is 13.1. The molecule has 0 saturated carbocycles. The van der Waals surface area contributed by atoms with Crippen molar-refractivity contribution in [2.75, 3.05) is 6.79 Å². The van der Waals surface area contributed by atoms with Gasteiger partial charge in [0.2, 0.25) is 24.5 Å². The average Bonchev–Trinajstić information content (AvgIpc) is 3.26. The third kappa shape index (κ3) is 4.31. The molecule has 7 atom stereocenters. The summed E-state index contributed by atoms with van der Waals surface area (Å²) in [5.74, 6) is -3.65. The molecule has 1 aromatic rings. The second-order valence-electron chi connectivity index (χ2n) is 11.3. The monoisotopic (exact) mass is 628 g/mol. The van der Waals surface area contributed by atoms with Gasteiger partial charge < -0.3 is 30.3 Å². The normalized spacial score (nSPS) is 32.6. The first-order valence-electron chi connectivity index (χ1n) is 12.7. The van der Waals surface area contributed by atoms with Gasteiger partial charge in [-0.2, -0.15) is 0 Å². The number of nitrogens with one attached hydrogen (secondary N) is 1. The Hall–Kier alpha value is -2.88. The first kappa shape index (κ1) is 29.6. The lowest BCUT2D eigenvalue weighted by Gasteiger charge is -2.44. The minimum absolute atomic E-state index is 0.489. The van der Waals surface area contributed by atoms with Crippen molar-refractivity contribution in [3.05, 3.63) is 35.9 Å². The summed E-state index contributed by atoms with van der Waals surface area (Å²) in [4.78, 5) is 66.1. The van der Waals surface area contributed by atoms with Crippen LogP contribution in [0.25, 0.3) is 0 Å². The highest BCUT2D eigenvalue weighted by Crippen LogP contribution is 2.51. The van der Waals surface area contributed by atoms with Gasteiger partial charge in [0.25, 0.3) is 0 Å². The number of β-lactam (4-membered cyclic amide) rings is 2. The zero-order valence-corrected chi connectivity index (χ0v) is 24.9. The number of sulfone groups is 1. The van der Waals surface area contributed by atoms with Crippen molar-refractivity contribution < 1.29 is 41.9 Å². The fourth-order valence-corrected chi connectivity index (χ4v) is 10.1. The van der Waals surface area contributed by atoms with E-state index in [1.54, 1.807) is 44.2 Å². The first-order valence-corrected chi connectivity index (χ1v) is 15.5. The average molecular weight is 629 g/mol. The summed E-state index contributed by atoms with van der Waals surface area (Å²) < 4.78 is 33.4. The summed E-state index contributed by atoms with van der Waals surface area (Å²) in [6.45, 7) is 5.20. The molecule has 4 saturated heterocycles. The quantitative estimate of drug-likeness (QED) is 0.174. The molecule has 5 rings (SSSR count). The number of hydrogen-bond donors (Lipinski definition) is 2. The number of halogens is 1. The summed E-state index contributed by atoms with van der Waals surface area (Å²) in [5, 5.41) is -0.511. The van der Waals surface area contributed by atoms with Gasteiger partial charge in [-0.05, 0) is 33.3 Å². The second-order valence-corrected chi connectivity index (χ2v) is 16.1. The second kappa shape index (κ2) is 9.85. The molecule has 3 N–H and O–H groups in total. The Bertz CT molecular complexity index is 1440. The fourth-order valence-electron chi connectivity index (χ4n) is 5.71. The van der Waals surface area contributed by atoms with E-state index in [-0.39, 0.29) is 0 Å². The number of esters is 2. The highest BCUT2D eigenvalue weighted by Gasteiger charge is 2.72. The standard InChI is InChI=1S/C25H29ClN4O9S2/c1-24(2)15(29-19(33)14(20(29)40-24)28-17(31)13(27)11-8-6-5-7-9-11)22(34)38-10-39-23(35)16-25(3,4)41(36,37)21-12(26)18(32)30(16)21/h5-9,12-16,20-21H,10,27H2,1-4H3,(H,28,31)/t12-,13?,14?,15-,16-,20+,21+/m0/s1. The minimum atomic E-state index is -3.98. The maximum atomic E-state index is 13.1. The number of amides is 3. The predicted octanol–water partition coefficient (Wildman–Crippen LogP) is -0.371. The van der Waals surface area contributed by atoms with Gasteiger partial charge >= 0.3 is 11.9 Å². The molecule has 0 bridgehead atoms. The molecule has 4 aliphatic rings. The molecule has 0 aromatic heterocycles. The van der Waals surface area contributed by atoms with E-state index in [1.807, 2.05) is 0 Å². The van der Waals surface area contributed by atoms with Gasteiger partial charge in [0.1, 0.15) is 39.7 Å². The van der Waals surface area contributed by atoms with Crippen LogP contribution >= 0.6 is 23.4 Å². The lowest BCUT2D eigenvalue weighted by molar-refractivity contribution is -0.181. The van der Waals surface area contributed by atoms with E-state index in [0.29, 0.717) is 5.56 Å². The van der Waals surface area contributed by atoms with Crippen molar-refractivity contribution in [1.29, 1.82) is 0 Å². The number of rotatable bonds is 7. The number of fused-ring (bicyclic) bond motifs is 2. The minimum Gasteiger partial charge on any atom is -0.426 e. The third-order valence-corrected chi connectivity index (χ3v) is 13.0. The molecule has 0 aliphatic carbocycles. The Kier molecular flexibility index (Phi) is 7.11. The van der Waals surface area contributed by atoms with E-state index in [1.165, 1.54) is 30.5 Å². The van der Waals surface area contributed by atoms with Gasteiger partial charge in [-0.25, -0.2) is 18.0 Å². The van der Waals surface area contributed by atoms with E-state index in [4.69, 9.17) is 26.8 Å². The van der Waals surface area contributed by atoms with Crippen molar-refractivity contribution in [3.63, 3.8) is 0 Å². The van der Waals surface area contributed by atoms with Crippen molar-refractivity contribution >= 4 is 62.9 Å². The van der Waals surface area contributed by atoms with Crippen LogP contribution in [-0.4, -0.2) is 98.4 Å². The molecule has 2 unspecified atom stereocenters. The van der Waals surface area contributed by atoms with Crippen LogP contribution in [0, 0.1) is 0 Å². The van der Waals surface area contributed by atoms with Crippen molar-refractivity contribution in [2.24, 2.45) is 5.73 Å². The molecule has 4 fully saturated rings. The van der Waals surface area contributed by atoms with Gasteiger partial charge in [-0.15, -0.1) is 23.4 Å². The number of thioether (sulfide) groups is 1. The molecule has 3 amide bonds. The van der Waals surface area contributed by atoms with Crippen LogP contribution in [0.2, 0.25) is 0 Å². The van der Waals surface area contributed by atoms with Crippen LogP contribution in [0.4, 0.5) is 0 Å². The molecule has 4 aliphatic heterocycles. The van der Waals surface area contributed by atoms with Crippen molar-refractivity contribution in [1.82, 2.24) is 15.1 Å². The molecule has 4 heterocycles. The SMILES string of the molecule is CC1(C)S[C@@H]2C(NC(=O)C(N)c3ccccc3)C(=O)N2[C@H]1C(=O)OCOC(=O)[C@@H]1N2C(=O)[C@H](Cl)[C@H]2S(=O)(=O)C1(C)C. The smallest absolute Gasteiger partial charge is 0.333 e. The Morgan fingerprint density at radius 3 is 2.22 bits per heavy atom. The van der Waals surface area contributed by atoms with Gasteiger partial charge in [0.05, 0.1) is 0 Å².